The average Bonchev–Trinajstić information content (AvgIpc) is 3.33. The van der Waals surface area contributed by atoms with Gasteiger partial charge in [-0.3, -0.25) is 19.5 Å². The van der Waals surface area contributed by atoms with E-state index in [1.165, 1.54) is 12.8 Å². The van der Waals surface area contributed by atoms with Crippen LogP contribution in [-0.2, 0) is 11.3 Å². The molecule has 4 rings (SSSR count). The molecule has 2 fully saturated rings. The molecule has 1 saturated heterocycles. The molecule has 1 saturated carbocycles. The van der Waals surface area contributed by atoms with Gasteiger partial charge < -0.3 is 10.2 Å². The van der Waals surface area contributed by atoms with Crippen molar-refractivity contribution < 1.29 is 9.59 Å². The van der Waals surface area contributed by atoms with Gasteiger partial charge in [0.1, 0.15) is 0 Å². The third kappa shape index (κ3) is 5.31. The summed E-state index contributed by atoms with van der Waals surface area (Å²) in [5.41, 5.74) is 2.71. The number of carbonyl (C=O) groups excluding carboxylic acids is 2. The van der Waals surface area contributed by atoms with Crippen LogP contribution in [0.1, 0.15) is 47.3 Å². The van der Waals surface area contributed by atoms with E-state index >= 15 is 0 Å². The van der Waals surface area contributed by atoms with Crippen LogP contribution in [0.3, 0.4) is 0 Å². The van der Waals surface area contributed by atoms with Crippen molar-refractivity contribution in [2.24, 2.45) is 5.92 Å². The molecule has 164 valence electrons. The van der Waals surface area contributed by atoms with Gasteiger partial charge in [-0.15, -0.1) is 0 Å². The topological polar surface area (TPSA) is 65.5 Å². The van der Waals surface area contributed by atoms with Crippen molar-refractivity contribution in [2.45, 2.75) is 45.2 Å². The molecule has 2 aromatic rings. The van der Waals surface area contributed by atoms with E-state index in [-0.39, 0.29) is 17.9 Å². The Morgan fingerprint density at radius 3 is 2.52 bits per heavy atom. The zero-order valence-electron chi connectivity index (χ0n) is 18.3. The van der Waals surface area contributed by atoms with E-state index in [0.717, 1.165) is 42.8 Å². The number of hydrogen-bond donors (Lipinski definition) is 1. The summed E-state index contributed by atoms with van der Waals surface area (Å²) >= 11 is 0. The van der Waals surface area contributed by atoms with Crippen LogP contribution in [0, 0.1) is 12.8 Å². The number of pyridine rings is 1. The lowest BCUT2D eigenvalue weighted by Crippen LogP contribution is -2.57. The third-order valence-electron chi connectivity index (χ3n) is 6.54. The summed E-state index contributed by atoms with van der Waals surface area (Å²) in [5.74, 6) is 0.569. The third-order valence-corrected chi connectivity index (χ3v) is 6.54. The van der Waals surface area contributed by atoms with Crippen LogP contribution in [0.2, 0.25) is 0 Å². The average molecular weight is 421 g/mol. The smallest absolute Gasteiger partial charge is 0.253 e. The number of hydrogen-bond acceptors (Lipinski definition) is 4. The van der Waals surface area contributed by atoms with Crippen LogP contribution in [-0.4, -0.2) is 58.8 Å². The lowest BCUT2D eigenvalue weighted by molar-refractivity contribution is -0.129. The van der Waals surface area contributed by atoms with Gasteiger partial charge in [-0.1, -0.05) is 36.6 Å². The Balaban J connectivity index is 1.39. The van der Waals surface area contributed by atoms with Crippen molar-refractivity contribution in [3.63, 3.8) is 0 Å². The maximum absolute atomic E-state index is 13.2. The molecule has 1 N–H and O–H groups in total. The van der Waals surface area contributed by atoms with Crippen molar-refractivity contribution in [3.05, 3.63) is 65.5 Å². The number of aromatic nitrogens is 1. The van der Waals surface area contributed by atoms with Gasteiger partial charge in [0.2, 0.25) is 5.91 Å². The Hall–Kier alpha value is -2.73. The summed E-state index contributed by atoms with van der Waals surface area (Å²) in [4.78, 5) is 34.6. The van der Waals surface area contributed by atoms with Crippen molar-refractivity contribution in [1.29, 1.82) is 0 Å². The van der Waals surface area contributed by atoms with Crippen molar-refractivity contribution in [1.82, 2.24) is 20.1 Å². The molecular weight excluding hydrogens is 388 g/mol. The molecule has 2 amide bonds. The lowest BCUT2D eigenvalue weighted by atomic mass is 9.95. The molecule has 1 aromatic heterocycles. The summed E-state index contributed by atoms with van der Waals surface area (Å²) in [5, 5.41) is 3.12. The normalized spacial score (nSPS) is 18.7. The number of piperazine rings is 1. The van der Waals surface area contributed by atoms with E-state index in [2.05, 4.69) is 15.2 Å². The second kappa shape index (κ2) is 10.1. The fourth-order valence-corrected chi connectivity index (χ4v) is 4.90. The summed E-state index contributed by atoms with van der Waals surface area (Å²) < 4.78 is 0. The van der Waals surface area contributed by atoms with Crippen molar-refractivity contribution in [3.8, 4) is 0 Å². The molecule has 0 bridgehead atoms. The van der Waals surface area contributed by atoms with E-state index in [9.17, 15) is 9.59 Å². The van der Waals surface area contributed by atoms with Crippen LogP contribution in [0.15, 0.2) is 48.7 Å². The fraction of sp³-hybridized carbons (Fsp3) is 0.480. The molecule has 2 aliphatic rings. The first kappa shape index (κ1) is 21.5. The zero-order chi connectivity index (χ0) is 21.6. The largest absolute Gasteiger partial charge is 0.349 e. The number of carbonyl (C=O) groups is 2. The van der Waals surface area contributed by atoms with E-state index in [1.54, 1.807) is 6.20 Å². The molecule has 0 radical (unpaired) electrons. The van der Waals surface area contributed by atoms with Gasteiger partial charge in [0, 0.05) is 37.9 Å². The predicted molar refractivity (Wildman–Crippen MR) is 120 cm³/mol. The van der Waals surface area contributed by atoms with Crippen LogP contribution >= 0.6 is 0 Å². The number of benzene rings is 1. The van der Waals surface area contributed by atoms with E-state index in [1.807, 2.05) is 54.3 Å². The van der Waals surface area contributed by atoms with Gasteiger partial charge in [-0.25, -0.2) is 0 Å². The highest BCUT2D eigenvalue weighted by Crippen LogP contribution is 2.31. The Morgan fingerprint density at radius 1 is 1.06 bits per heavy atom. The van der Waals surface area contributed by atoms with Gasteiger partial charge in [0.05, 0.1) is 18.3 Å². The highest BCUT2D eigenvalue weighted by atomic mass is 16.2. The lowest BCUT2D eigenvalue weighted by Gasteiger charge is -2.40. The highest BCUT2D eigenvalue weighted by molar-refractivity contribution is 5.94. The van der Waals surface area contributed by atoms with Crippen molar-refractivity contribution >= 4 is 11.8 Å². The van der Waals surface area contributed by atoms with Crippen LogP contribution < -0.4 is 5.32 Å². The molecule has 2 heterocycles. The molecule has 1 aliphatic carbocycles. The quantitative estimate of drug-likeness (QED) is 0.780. The van der Waals surface area contributed by atoms with Crippen LogP contribution in [0.25, 0.3) is 0 Å². The Bertz CT molecular complexity index is 887. The second-order valence-corrected chi connectivity index (χ2v) is 8.73. The SMILES string of the molecule is Cc1cccc(C(=O)N2CCN([C@@H](C(=O)NCc3ccccn3)C3CCCC3)CC2)c1. The predicted octanol–water partition coefficient (Wildman–Crippen LogP) is 3.02. The van der Waals surface area contributed by atoms with Gasteiger partial charge in [0.25, 0.3) is 5.91 Å². The summed E-state index contributed by atoms with van der Waals surface area (Å²) in [7, 11) is 0. The Labute approximate surface area is 184 Å². The molecule has 1 aliphatic heterocycles. The number of nitrogens with zero attached hydrogens (tertiary/aromatic N) is 3. The standard InChI is InChI=1S/C25H32N4O2/c1-19-7-6-10-21(17-19)25(31)29-15-13-28(14-16-29)23(20-8-2-3-9-20)24(30)27-18-22-11-4-5-12-26-22/h4-7,10-12,17,20,23H,2-3,8-9,13-16,18H2,1H3,(H,27,30)/t23-/m1/s1. The van der Waals surface area contributed by atoms with Gasteiger partial charge in [-0.2, -0.15) is 0 Å². The molecule has 6 nitrogen and oxygen atoms in total. The monoisotopic (exact) mass is 420 g/mol. The second-order valence-electron chi connectivity index (χ2n) is 8.73. The minimum Gasteiger partial charge on any atom is -0.349 e. The molecule has 0 spiro atoms. The maximum atomic E-state index is 13.2. The minimum absolute atomic E-state index is 0.0837. The first-order chi connectivity index (χ1) is 15.1. The fourth-order valence-electron chi connectivity index (χ4n) is 4.90. The molecule has 1 atom stereocenters. The number of aryl methyl sites for hydroxylation is 1. The van der Waals surface area contributed by atoms with Gasteiger partial charge in [0.15, 0.2) is 0 Å². The van der Waals surface area contributed by atoms with E-state index in [0.29, 0.717) is 25.6 Å². The molecule has 0 unspecified atom stereocenters. The first-order valence-electron chi connectivity index (χ1n) is 11.4. The molecule has 1 aromatic carbocycles. The van der Waals surface area contributed by atoms with Crippen LogP contribution in [0.4, 0.5) is 0 Å². The Morgan fingerprint density at radius 2 is 1.84 bits per heavy atom. The number of rotatable bonds is 6. The van der Waals surface area contributed by atoms with Crippen LogP contribution in [0.5, 0.6) is 0 Å². The Kier molecular flexibility index (Phi) is 6.97. The van der Waals surface area contributed by atoms with Gasteiger partial charge >= 0.3 is 0 Å². The van der Waals surface area contributed by atoms with Crippen molar-refractivity contribution in [2.75, 3.05) is 26.2 Å². The summed E-state index contributed by atoms with van der Waals surface area (Å²) in [6.07, 6.45) is 6.34. The zero-order valence-corrected chi connectivity index (χ0v) is 18.3. The number of nitrogens with one attached hydrogen (secondary N) is 1. The molecular formula is C25H32N4O2. The molecule has 31 heavy (non-hydrogen) atoms. The van der Waals surface area contributed by atoms with E-state index in [4.69, 9.17) is 0 Å². The van der Waals surface area contributed by atoms with E-state index < -0.39 is 0 Å². The number of amides is 2. The summed E-state index contributed by atoms with van der Waals surface area (Å²) in [6.45, 7) is 5.23. The maximum Gasteiger partial charge on any atom is 0.253 e. The highest BCUT2D eigenvalue weighted by Gasteiger charge is 2.37. The summed E-state index contributed by atoms with van der Waals surface area (Å²) in [6, 6.07) is 13.4. The molecule has 6 heteroatoms. The first-order valence-corrected chi connectivity index (χ1v) is 11.4. The van der Waals surface area contributed by atoms with Gasteiger partial charge in [-0.05, 0) is 49.9 Å². The minimum atomic E-state index is -0.123.